The van der Waals surface area contributed by atoms with E-state index in [2.05, 4.69) is 0 Å². The van der Waals surface area contributed by atoms with E-state index in [1.165, 1.54) is 5.70 Å². The summed E-state index contributed by atoms with van der Waals surface area (Å²) in [6.07, 6.45) is 2.16. The molecule has 0 aromatic carbocycles. The van der Waals surface area contributed by atoms with Crippen molar-refractivity contribution in [1.29, 1.82) is 0 Å². The van der Waals surface area contributed by atoms with Crippen molar-refractivity contribution in [1.82, 2.24) is 4.90 Å². The molecule has 0 bridgehead atoms. The first-order valence-corrected chi connectivity index (χ1v) is 3.21. The summed E-state index contributed by atoms with van der Waals surface area (Å²) in [6.45, 7) is 6.02. The van der Waals surface area contributed by atoms with Gasteiger partial charge in [0.15, 0.2) is 0 Å². The van der Waals surface area contributed by atoms with Gasteiger partial charge in [-0.25, -0.2) is 0 Å². The lowest BCUT2D eigenvalue weighted by atomic mass is 10.4. The number of nitrogens with two attached hydrogens (primary N) is 1. The van der Waals surface area contributed by atoms with Gasteiger partial charge in [-0.3, -0.25) is 0 Å². The zero-order valence-corrected chi connectivity index (χ0v) is 6.68. The van der Waals surface area contributed by atoms with Crippen LogP contribution in [-0.4, -0.2) is 18.1 Å². The highest BCUT2D eigenvalue weighted by Crippen LogP contribution is 2.00. The smallest absolute Gasteiger partial charge is 0.0735 e. The van der Waals surface area contributed by atoms with E-state index in [0.29, 0.717) is 0 Å². The highest BCUT2D eigenvalue weighted by molar-refractivity contribution is 4.94. The molecule has 2 heteroatoms. The molecule has 0 amide bonds. The van der Waals surface area contributed by atoms with Gasteiger partial charge in [0.2, 0.25) is 0 Å². The van der Waals surface area contributed by atoms with Crippen molar-refractivity contribution >= 4 is 0 Å². The van der Waals surface area contributed by atoms with Crippen molar-refractivity contribution in [3.63, 3.8) is 0 Å². The predicted octanol–water partition coefficient (Wildman–Crippen LogP) is 1.15. The highest BCUT2D eigenvalue weighted by atomic mass is 15.2. The lowest BCUT2D eigenvalue weighted by molar-refractivity contribution is 0.331. The number of hydrogen-bond donors (Lipinski definition) is 1. The molecule has 0 saturated carbocycles. The third-order valence-electron chi connectivity index (χ3n) is 1.59. The Morgan fingerprint density at radius 2 is 2.11 bits per heavy atom. The number of allylic oxidation sites excluding steroid dienone is 2. The fraction of sp³-hybridized carbons (Fsp3) is 0.714. The molecular formula is C7H16N2. The van der Waals surface area contributed by atoms with Crippen molar-refractivity contribution in [2.75, 3.05) is 7.05 Å². The monoisotopic (exact) mass is 128 g/mol. The Morgan fingerprint density at radius 3 is 2.22 bits per heavy atom. The molecule has 54 valence electrons. The normalized spacial score (nSPS) is 15.4. The fourth-order valence-corrected chi connectivity index (χ4v) is 0.525. The van der Waals surface area contributed by atoms with Gasteiger partial charge in [0.05, 0.1) is 6.17 Å². The van der Waals surface area contributed by atoms with E-state index >= 15 is 0 Å². The second-order valence-corrected chi connectivity index (χ2v) is 2.28. The standard InChI is InChI=1S/C7H16N2/c1-5-6(2)9(4)7(3)8/h5,7H,8H2,1-4H3/b6-5-. The summed E-state index contributed by atoms with van der Waals surface area (Å²) in [6, 6.07) is 0. The summed E-state index contributed by atoms with van der Waals surface area (Å²) in [5.41, 5.74) is 6.81. The quantitative estimate of drug-likeness (QED) is 0.565. The molecule has 0 aliphatic carbocycles. The van der Waals surface area contributed by atoms with Gasteiger partial charge in [-0.15, -0.1) is 0 Å². The lowest BCUT2D eigenvalue weighted by Crippen LogP contribution is -2.34. The van der Waals surface area contributed by atoms with E-state index < -0.39 is 0 Å². The molecule has 0 spiro atoms. The van der Waals surface area contributed by atoms with Crippen molar-refractivity contribution < 1.29 is 0 Å². The van der Waals surface area contributed by atoms with Gasteiger partial charge < -0.3 is 10.6 Å². The van der Waals surface area contributed by atoms with Gasteiger partial charge >= 0.3 is 0 Å². The summed E-state index contributed by atoms with van der Waals surface area (Å²) < 4.78 is 0. The average molecular weight is 128 g/mol. The van der Waals surface area contributed by atoms with Crippen LogP contribution in [0.5, 0.6) is 0 Å². The first-order valence-electron chi connectivity index (χ1n) is 3.21. The Kier molecular flexibility index (Phi) is 3.32. The van der Waals surface area contributed by atoms with Crippen molar-refractivity contribution in [2.45, 2.75) is 26.9 Å². The molecule has 0 fully saturated rings. The maximum absolute atomic E-state index is 5.60. The van der Waals surface area contributed by atoms with Gasteiger partial charge in [-0.05, 0) is 20.8 Å². The van der Waals surface area contributed by atoms with E-state index in [9.17, 15) is 0 Å². The minimum Gasteiger partial charge on any atom is -0.363 e. The third-order valence-corrected chi connectivity index (χ3v) is 1.59. The summed E-state index contributed by atoms with van der Waals surface area (Å²) in [4.78, 5) is 2.03. The second-order valence-electron chi connectivity index (χ2n) is 2.28. The molecule has 0 rings (SSSR count). The largest absolute Gasteiger partial charge is 0.363 e. The summed E-state index contributed by atoms with van der Waals surface area (Å²) in [7, 11) is 1.99. The van der Waals surface area contributed by atoms with Crippen molar-refractivity contribution in [3.05, 3.63) is 11.8 Å². The van der Waals surface area contributed by atoms with E-state index in [0.717, 1.165) is 0 Å². The van der Waals surface area contributed by atoms with Gasteiger partial charge in [0.1, 0.15) is 0 Å². The Hall–Kier alpha value is -0.500. The maximum atomic E-state index is 5.60. The van der Waals surface area contributed by atoms with Crippen LogP contribution in [-0.2, 0) is 0 Å². The first kappa shape index (κ1) is 8.50. The molecule has 1 atom stereocenters. The number of rotatable bonds is 2. The minimum atomic E-state index is 0.112. The molecule has 0 heterocycles. The van der Waals surface area contributed by atoms with Crippen LogP contribution in [0.15, 0.2) is 11.8 Å². The van der Waals surface area contributed by atoms with Crippen molar-refractivity contribution in [2.24, 2.45) is 5.73 Å². The Labute approximate surface area is 57.3 Å². The van der Waals surface area contributed by atoms with E-state index in [1.807, 2.05) is 38.8 Å². The van der Waals surface area contributed by atoms with Gasteiger partial charge in [0, 0.05) is 12.7 Å². The molecule has 0 saturated heterocycles. The van der Waals surface area contributed by atoms with E-state index in [4.69, 9.17) is 5.73 Å². The Morgan fingerprint density at radius 1 is 1.67 bits per heavy atom. The Balaban J connectivity index is 3.88. The number of hydrogen-bond acceptors (Lipinski definition) is 2. The van der Waals surface area contributed by atoms with Crippen LogP contribution in [0.3, 0.4) is 0 Å². The summed E-state index contributed by atoms with van der Waals surface area (Å²) in [5, 5.41) is 0. The summed E-state index contributed by atoms with van der Waals surface area (Å²) >= 11 is 0. The van der Waals surface area contributed by atoms with Crippen LogP contribution in [0, 0.1) is 0 Å². The minimum absolute atomic E-state index is 0.112. The van der Waals surface area contributed by atoms with Crippen LogP contribution < -0.4 is 5.73 Å². The first-order chi connectivity index (χ1) is 4.09. The molecule has 0 aliphatic rings. The van der Waals surface area contributed by atoms with Crippen LogP contribution in [0.1, 0.15) is 20.8 Å². The molecule has 2 N–H and O–H groups in total. The van der Waals surface area contributed by atoms with Crippen LogP contribution in [0.4, 0.5) is 0 Å². The molecule has 0 aromatic heterocycles. The van der Waals surface area contributed by atoms with Crippen LogP contribution >= 0.6 is 0 Å². The molecule has 0 aromatic rings. The zero-order chi connectivity index (χ0) is 7.44. The molecule has 1 unspecified atom stereocenters. The van der Waals surface area contributed by atoms with Crippen LogP contribution in [0.2, 0.25) is 0 Å². The maximum Gasteiger partial charge on any atom is 0.0735 e. The average Bonchev–Trinajstić information content (AvgIpc) is 1.84. The van der Waals surface area contributed by atoms with Crippen LogP contribution in [0.25, 0.3) is 0 Å². The molecule has 0 aliphatic heterocycles. The fourth-order valence-electron chi connectivity index (χ4n) is 0.525. The van der Waals surface area contributed by atoms with Crippen molar-refractivity contribution in [3.8, 4) is 0 Å². The summed E-state index contributed by atoms with van der Waals surface area (Å²) in [5.74, 6) is 0. The van der Waals surface area contributed by atoms with E-state index in [-0.39, 0.29) is 6.17 Å². The topological polar surface area (TPSA) is 29.3 Å². The zero-order valence-electron chi connectivity index (χ0n) is 6.68. The molecule has 9 heavy (non-hydrogen) atoms. The third kappa shape index (κ3) is 2.51. The second kappa shape index (κ2) is 3.51. The Bertz CT molecular complexity index is 105. The molecular weight excluding hydrogens is 112 g/mol. The van der Waals surface area contributed by atoms with Gasteiger partial charge in [0.25, 0.3) is 0 Å². The number of nitrogens with zero attached hydrogens (tertiary/aromatic N) is 1. The SMILES string of the molecule is C/C=C(/C)N(C)C(C)N. The van der Waals surface area contributed by atoms with Gasteiger partial charge in [-0.1, -0.05) is 6.08 Å². The molecule has 2 nitrogen and oxygen atoms in total. The lowest BCUT2D eigenvalue weighted by Gasteiger charge is -2.23. The highest BCUT2D eigenvalue weighted by Gasteiger charge is 2.00. The molecule has 0 radical (unpaired) electrons. The predicted molar refractivity (Wildman–Crippen MR) is 40.8 cm³/mol. The van der Waals surface area contributed by atoms with Gasteiger partial charge in [-0.2, -0.15) is 0 Å². The van der Waals surface area contributed by atoms with E-state index in [1.54, 1.807) is 0 Å².